The van der Waals surface area contributed by atoms with E-state index >= 15 is 0 Å². The minimum Gasteiger partial charge on any atom is -0.378 e. The second-order valence-electron chi connectivity index (χ2n) is 10.4. The molecular weight excluding hydrogens is 390 g/mol. The third-order valence-corrected chi connectivity index (χ3v) is 8.61. The van der Waals surface area contributed by atoms with Crippen molar-refractivity contribution in [3.8, 4) is 0 Å². The Morgan fingerprint density at radius 1 is 1.03 bits per heavy atom. The molecular formula is C23H38F2N2O3. The summed E-state index contributed by atoms with van der Waals surface area (Å²) in [6.45, 7) is 6.54. The minimum absolute atomic E-state index is 0.00277. The lowest BCUT2D eigenvalue weighted by molar-refractivity contribution is -0.101. The number of hydrogen-bond donors (Lipinski definition) is 1. The monoisotopic (exact) mass is 428 g/mol. The molecule has 2 aliphatic carbocycles. The van der Waals surface area contributed by atoms with Crippen LogP contribution in [0.4, 0.5) is 8.78 Å². The predicted molar refractivity (Wildman–Crippen MR) is 110 cm³/mol. The molecule has 172 valence electrons. The van der Waals surface area contributed by atoms with Crippen molar-refractivity contribution >= 4 is 0 Å². The maximum Gasteiger partial charge on any atom is 0.129 e. The SMILES string of the molecule is C[C@@H]1C[C@@]2(COCCN2)[C@@H]2COC3CCC(CC3)C3CC(F)CC(F)C3OCCN12. The van der Waals surface area contributed by atoms with Crippen LogP contribution in [0, 0.1) is 11.8 Å². The summed E-state index contributed by atoms with van der Waals surface area (Å²) in [7, 11) is 0. The lowest BCUT2D eigenvalue weighted by atomic mass is 9.70. The Bertz CT molecular complexity index is 583. The van der Waals surface area contributed by atoms with Gasteiger partial charge in [-0.05, 0) is 57.3 Å². The van der Waals surface area contributed by atoms with E-state index in [0.29, 0.717) is 38.2 Å². The topological polar surface area (TPSA) is 43.0 Å². The van der Waals surface area contributed by atoms with E-state index in [1.807, 2.05) is 0 Å². The fourth-order valence-corrected chi connectivity index (χ4v) is 7.12. The highest BCUT2D eigenvalue weighted by molar-refractivity contribution is 5.10. The number of nitrogens with one attached hydrogen (secondary N) is 1. The van der Waals surface area contributed by atoms with Gasteiger partial charge in [0.15, 0.2) is 0 Å². The summed E-state index contributed by atoms with van der Waals surface area (Å²) < 4.78 is 47.7. The first-order chi connectivity index (χ1) is 14.6. The molecule has 7 atom stereocenters. The van der Waals surface area contributed by atoms with Crippen LogP contribution in [-0.4, -0.2) is 86.6 Å². The van der Waals surface area contributed by atoms with Crippen LogP contribution in [0.1, 0.15) is 51.9 Å². The molecule has 0 aromatic rings. The molecule has 0 radical (unpaired) electrons. The third-order valence-electron chi connectivity index (χ3n) is 8.61. The molecule has 7 heteroatoms. The fourth-order valence-electron chi connectivity index (χ4n) is 7.12. The molecule has 5 nitrogen and oxygen atoms in total. The zero-order valence-corrected chi connectivity index (χ0v) is 18.2. The van der Waals surface area contributed by atoms with Gasteiger partial charge in [0.25, 0.3) is 0 Å². The molecule has 0 aromatic carbocycles. The summed E-state index contributed by atoms with van der Waals surface area (Å²) in [6.07, 6.45) is 3.00. The van der Waals surface area contributed by atoms with Gasteiger partial charge in [-0.3, -0.25) is 4.90 Å². The molecule has 6 rings (SSSR count). The van der Waals surface area contributed by atoms with Gasteiger partial charge >= 0.3 is 0 Å². The number of fused-ring (bicyclic) bond motifs is 5. The van der Waals surface area contributed by atoms with Crippen molar-refractivity contribution in [2.45, 2.75) is 94.0 Å². The molecule has 4 heterocycles. The maximum absolute atomic E-state index is 14.9. The predicted octanol–water partition coefficient (Wildman–Crippen LogP) is 2.87. The normalized spacial score (nSPS) is 50.9. The van der Waals surface area contributed by atoms with Crippen LogP contribution >= 0.6 is 0 Å². The summed E-state index contributed by atoms with van der Waals surface area (Å²) in [6, 6.07) is 0.616. The minimum atomic E-state index is -1.19. The van der Waals surface area contributed by atoms with Crippen LogP contribution in [0.3, 0.4) is 0 Å². The largest absolute Gasteiger partial charge is 0.378 e. The molecule has 1 N–H and O–H groups in total. The Hall–Kier alpha value is -0.340. The van der Waals surface area contributed by atoms with Crippen molar-refractivity contribution in [2.75, 3.05) is 39.5 Å². The number of ether oxygens (including phenoxy) is 3. The van der Waals surface area contributed by atoms with E-state index in [1.54, 1.807) is 0 Å². The van der Waals surface area contributed by atoms with Crippen molar-refractivity contribution in [2.24, 2.45) is 11.8 Å². The van der Waals surface area contributed by atoms with Gasteiger partial charge in [-0.25, -0.2) is 8.78 Å². The quantitative estimate of drug-likeness (QED) is 0.643. The first-order valence-corrected chi connectivity index (χ1v) is 12.2. The molecule has 2 saturated carbocycles. The fraction of sp³-hybridized carbons (Fsp3) is 1.00. The summed E-state index contributed by atoms with van der Waals surface area (Å²) >= 11 is 0. The van der Waals surface area contributed by atoms with Crippen molar-refractivity contribution < 1.29 is 23.0 Å². The van der Waals surface area contributed by atoms with Crippen LogP contribution in [0.5, 0.6) is 0 Å². The third kappa shape index (κ3) is 4.05. The Kier molecular flexibility index (Phi) is 6.37. The second kappa shape index (κ2) is 8.89. The first-order valence-electron chi connectivity index (χ1n) is 12.2. The van der Waals surface area contributed by atoms with Crippen LogP contribution in [0.2, 0.25) is 0 Å². The average Bonchev–Trinajstić information content (AvgIpc) is 2.99. The van der Waals surface area contributed by atoms with E-state index in [4.69, 9.17) is 14.2 Å². The van der Waals surface area contributed by atoms with E-state index < -0.39 is 18.4 Å². The van der Waals surface area contributed by atoms with Gasteiger partial charge in [-0.1, -0.05) is 0 Å². The number of rotatable bonds is 0. The molecule has 6 aliphatic rings. The molecule has 30 heavy (non-hydrogen) atoms. The molecule has 4 saturated heterocycles. The van der Waals surface area contributed by atoms with E-state index in [9.17, 15) is 8.78 Å². The molecule has 4 unspecified atom stereocenters. The average molecular weight is 429 g/mol. The zero-order valence-electron chi connectivity index (χ0n) is 18.2. The number of alkyl halides is 2. The van der Waals surface area contributed by atoms with Gasteiger partial charge in [0.1, 0.15) is 12.3 Å². The van der Waals surface area contributed by atoms with Gasteiger partial charge in [0.05, 0.1) is 50.2 Å². The highest BCUT2D eigenvalue weighted by atomic mass is 19.1. The molecule has 2 bridgehead atoms. The van der Waals surface area contributed by atoms with Gasteiger partial charge in [-0.15, -0.1) is 0 Å². The van der Waals surface area contributed by atoms with Crippen molar-refractivity contribution in [1.29, 1.82) is 0 Å². The smallest absolute Gasteiger partial charge is 0.129 e. The van der Waals surface area contributed by atoms with Crippen LogP contribution in [0.25, 0.3) is 0 Å². The number of nitrogens with zero attached hydrogens (tertiary/aromatic N) is 1. The maximum atomic E-state index is 14.9. The molecule has 0 amide bonds. The lowest BCUT2D eigenvalue weighted by Crippen LogP contribution is -2.63. The lowest BCUT2D eigenvalue weighted by Gasteiger charge is -2.42. The van der Waals surface area contributed by atoms with Gasteiger partial charge < -0.3 is 19.5 Å². The highest BCUT2D eigenvalue weighted by Crippen LogP contribution is 2.43. The second-order valence-corrected chi connectivity index (χ2v) is 10.4. The molecule has 4 aliphatic heterocycles. The van der Waals surface area contributed by atoms with E-state index in [2.05, 4.69) is 17.1 Å². The van der Waals surface area contributed by atoms with Crippen LogP contribution < -0.4 is 5.32 Å². The summed E-state index contributed by atoms with van der Waals surface area (Å²) in [5, 5.41) is 3.76. The number of hydrogen-bond acceptors (Lipinski definition) is 5. The molecule has 0 aromatic heterocycles. The molecule has 1 spiro atoms. The Balaban J connectivity index is 1.37. The Labute approximate surface area is 179 Å². The van der Waals surface area contributed by atoms with Crippen molar-refractivity contribution in [3.05, 3.63) is 0 Å². The zero-order chi connectivity index (χ0) is 20.7. The number of morpholine rings is 1. The highest BCUT2D eigenvalue weighted by Gasteiger charge is 2.52. The van der Waals surface area contributed by atoms with Crippen molar-refractivity contribution in [3.63, 3.8) is 0 Å². The Morgan fingerprint density at radius 3 is 2.63 bits per heavy atom. The summed E-state index contributed by atoms with van der Waals surface area (Å²) in [5.41, 5.74) is -0.0769. The van der Waals surface area contributed by atoms with Gasteiger partial charge in [0.2, 0.25) is 0 Å². The number of halogens is 2. The van der Waals surface area contributed by atoms with E-state index in [-0.39, 0.29) is 30.0 Å². The summed E-state index contributed by atoms with van der Waals surface area (Å²) in [4.78, 5) is 2.48. The Morgan fingerprint density at radius 2 is 1.87 bits per heavy atom. The van der Waals surface area contributed by atoms with Gasteiger partial charge in [-0.2, -0.15) is 0 Å². The van der Waals surface area contributed by atoms with E-state index in [1.165, 1.54) is 0 Å². The van der Waals surface area contributed by atoms with Crippen LogP contribution in [-0.2, 0) is 14.2 Å². The first kappa shape index (κ1) is 21.5. The van der Waals surface area contributed by atoms with Crippen LogP contribution in [0.15, 0.2) is 0 Å². The van der Waals surface area contributed by atoms with E-state index in [0.717, 1.165) is 51.8 Å². The molecule has 6 fully saturated rings. The van der Waals surface area contributed by atoms with Crippen molar-refractivity contribution in [1.82, 2.24) is 10.2 Å². The van der Waals surface area contributed by atoms with Gasteiger partial charge in [0, 0.05) is 25.6 Å². The summed E-state index contributed by atoms with van der Waals surface area (Å²) in [5.74, 6) is 0.350. The standard InChI is InChI=1S/C23H38F2N2O3/c1-15-12-23(14-28-8-6-26-23)21-13-30-18-4-2-16(3-5-18)19-10-17(24)11-20(25)22(19)29-9-7-27(15)21/h15-22,26H,2-14H2,1H3/t15-,16?,17?,18?,19?,20?,21+,22?,23-/m1/s1.